The first kappa shape index (κ1) is 6.22. The Morgan fingerprint density at radius 1 is 1.89 bits per heavy atom. The van der Waals surface area contributed by atoms with E-state index in [1.54, 1.807) is 0 Å². The molecule has 0 N–H and O–H groups in total. The molecule has 0 saturated carbocycles. The van der Waals surface area contributed by atoms with E-state index >= 15 is 0 Å². The van der Waals surface area contributed by atoms with Gasteiger partial charge in [-0.05, 0) is 18.5 Å². The van der Waals surface area contributed by atoms with Crippen molar-refractivity contribution in [3.05, 3.63) is 11.1 Å². The zero-order valence-corrected chi connectivity index (χ0v) is 5.64. The molecule has 0 aromatic carbocycles. The molecule has 1 rings (SSSR count). The van der Waals surface area contributed by atoms with Crippen LogP contribution in [-0.4, -0.2) is 10.8 Å². The van der Waals surface area contributed by atoms with Crippen LogP contribution in [0, 0.1) is 6.92 Å². The lowest BCUT2D eigenvalue weighted by atomic mass is 10.5. The maximum Gasteiger partial charge on any atom is 0.298 e. The lowest BCUT2D eigenvalue weighted by Crippen LogP contribution is -1.86. The standard InChI is InChI=1S/C5H5NO2S/c1-4-5(8-3-7)2-6-9-4/h2-3H,1H3. The molecule has 4 heteroatoms. The van der Waals surface area contributed by atoms with Crippen LogP contribution in [0.1, 0.15) is 4.88 Å². The third kappa shape index (κ3) is 1.26. The highest BCUT2D eigenvalue weighted by Gasteiger charge is 1.98. The number of nitrogens with zero attached hydrogens (tertiary/aromatic N) is 1. The van der Waals surface area contributed by atoms with Crippen LogP contribution in [-0.2, 0) is 4.79 Å². The lowest BCUT2D eigenvalue weighted by Gasteiger charge is -1.89. The van der Waals surface area contributed by atoms with Gasteiger partial charge in [0.25, 0.3) is 6.47 Å². The van der Waals surface area contributed by atoms with Gasteiger partial charge in [0, 0.05) is 0 Å². The lowest BCUT2D eigenvalue weighted by molar-refractivity contribution is -0.120. The highest BCUT2D eigenvalue weighted by Crippen LogP contribution is 2.18. The van der Waals surface area contributed by atoms with Crippen LogP contribution >= 0.6 is 11.5 Å². The van der Waals surface area contributed by atoms with Gasteiger partial charge in [-0.25, -0.2) is 0 Å². The molecule has 0 atom stereocenters. The summed E-state index contributed by atoms with van der Waals surface area (Å²) in [6.07, 6.45) is 1.52. The Balaban J connectivity index is 2.80. The first-order valence-electron chi connectivity index (χ1n) is 2.36. The number of aryl methyl sites for hydroxylation is 1. The Hall–Kier alpha value is -0.900. The molecule has 0 aliphatic carbocycles. The highest BCUT2D eigenvalue weighted by atomic mass is 32.1. The van der Waals surface area contributed by atoms with Crippen LogP contribution < -0.4 is 4.74 Å². The van der Waals surface area contributed by atoms with Gasteiger partial charge >= 0.3 is 0 Å². The Morgan fingerprint density at radius 2 is 2.67 bits per heavy atom. The molecule has 0 unspecified atom stereocenters. The summed E-state index contributed by atoms with van der Waals surface area (Å²) < 4.78 is 8.34. The minimum absolute atomic E-state index is 0.400. The number of ether oxygens (including phenoxy) is 1. The Kier molecular flexibility index (Phi) is 1.79. The summed E-state index contributed by atoms with van der Waals surface area (Å²) in [6.45, 7) is 2.24. The third-order valence-electron chi connectivity index (χ3n) is 0.882. The van der Waals surface area contributed by atoms with Crippen LogP contribution in [0.15, 0.2) is 6.20 Å². The van der Waals surface area contributed by atoms with E-state index in [1.807, 2.05) is 6.92 Å². The molecule has 0 radical (unpaired) electrons. The molecule has 3 nitrogen and oxygen atoms in total. The number of carbonyl (C=O) groups is 1. The molecular weight excluding hydrogens is 138 g/mol. The molecule has 0 spiro atoms. The SMILES string of the molecule is Cc1sncc1OC=O. The van der Waals surface area contributed by atoms with E-state index in [1.165, 1.54) is 17.7 Å². The van der Waals surface area contributed by atoms with E-state index in [4.69, 9.17) is 0 Å². The van der Waals surface area contributed by atoms with Crippen molar-refractivity contribution in [1.82, 2.24) is 4.37 Å². The molecule has 1 heterocycles. The van der Waals surface area contributed by atoms with Crippen molar-refractivity contribution in [2.75, 3.05) is 0 Å². The van der Waals surface area contributed by atoms with Crippen LogP contribution in [0.5, 0.6) is 5.75 Å². The minimum Gasteiger partial charge on any atom is -0.426 e. The van der Waals surface area contributed by atoms with E-state index in [0.29, 0.717) is 12.2 Å². The molecule has 0 aliphatic rings. The second kappa shape index (κ2) is 2.59. The Bertz CT molecular complexity index is 208. The summed E-state index contributed by atoms with van der Waals surface area (Å²) >= 11 is 1.31. The van der Waals surface area contributed by atoms with Crippen LogP contribution in [0.3, 0.4) is 0 Å². The van der Waals surface area contributed by atoms with Crippen molar-refractivity contribution < 1.29 is 9.53 Å². The van der Waals surface area contributed by atoms with E-state index in [9.17, 15) is 4.79 Å². The van der Waals surface area contributed by atoms with Gasteiger partial charge in [-0.2, -0.15) is 4.37 Å². The second-order valence-electron chi connectivity index (χ2n) is 1.46. The van der Waals surface area contributed by atoms with Crippen molar-refractivity contribution in [2.45, 2.75) is 6.92 Å². The predicted octanol–water partition coefficient (Wildman–Crippen LogP) is 0.987. The van der Waals surface area contributed by atoms with Crippen molar-refractivity contribution in [1.29, 1.82) is 0 Å². The van der Waals surface area contributed by atoms with E-state index in [-0.39, 0.29) is 0 Å². The fourth-order valence-electron chi connectivity index (χ4n) is 0.454. The topological polar surface area (TPSA) is 39.2 Å². The molecule has 0 aliphatic heterocycles. The van der Waals surface area contributed by atoms with Crippen LogP contribution in [0.2, 0.25) is 0 Å². The Labute approximate surface area is 56.4 Å². The molecule has 9 heavy (non-hydrogen) atoms. The molecule has 0 bridgehead atoms. The maximum absolute atomic E-state index is 9.78. The minimum atomic E-state index is 0.400. The van der Waals surface area contributed by atoms with Gasteiger partial charge in [-0.15, -0.1) is 0 Å². The summed E-state index contributed by atoms with van der Waals surface area (Å²) in [6, 6.07) is 0. The number of rotatable bonds is 2. The number of carbonyl (C=O) groups excluding carboxylic acids is 1. The van der Waals surface area contributed by atoms with Crippen molar-refractivity contribution in [3.8, 4) is 5.75 Å². The van der Waals surface area contributed by atoms with Gasteiger partial charge in [0.1, 0.15) is 0 Å². The van der Waals surface area contributed by atoms with Crippen LogP contribution in [0.25, 0.3) is 0 Å². The fourth-order valence-corrected chi connectivity index (χ4v) is 0.952. The molecular formula is C5H5NO2S. The zero-order chi connectivity index (χ0) is 6.69. The van der Waals surface area contributed by atoms with Gasteiger partial charge in [0.15, 0.2) is 5.75 Å². The predicted molar refractivity (Wildman–Crippen MR) is 33.5 cm³/mol. The van der Waals surface area contributed by atoms with E-state index in [2.05, 4.69) is 9.11 Å². The monoisotopic (exact) mass is 143 g/mol. The second-order valence-corrected chi connectivity index (χ2v) is 2.47. The maximum atomic E-state index is 9.78. The molecule has 48 valence electrons. The largest absolute Gasteiger partial charge is 0.426 e. The molecule has 0 fully saturated rings. The van der Waals surface area contributed by atoms with Gasteiger partial charge in [-0.3, -0.25) is 4.79 Å². The molecule has 1 aromatic rings. The number of hydrogen-bond acceptors (Lipinski definition) is 4. The number of hydrogen-bond donors (Lipinski definition) is 0. The summed E-state index contributed by atoms with van der Waals surface area (Å²) in [7, 11) is 0. The smallest absolute Gasteiger partial charge is 0.298 e. The summed E-state index contributed by atoms with van der Waals surface area (Å²) in [4.78, 5) is 10.7. The van der Waals surface area contributed by atoms with Gasteiger partial charge in [-0.1, -0.05) is 0 Å². The molecule has 0 amide bonds. The Morgan fingerprint density at radius 3 is 3.11 bits per heavy atom. The van der Waals surface area contributed by atoms with Crippen LogP contribution in [0.4, 0.5) is 0 Å². The first-order chi connectivity index (χ1) is 4.34. The van der Waals surface area contributed by atoms with Crippen molar-refractivity contribution in [2.24, 2.45) is 0 Å². The number of aromatic nitrogens is 1. The average molecular weight is 143 g/mol. The van der Waals surface area contributed by atoms with E-state index < -0.39 is 0 Å². The zero-order valence-electron chi connectivity index (χ0n) is 4.83. The van der Waals surface area contributed by atoms with Gasteiger partial charge < -0.3 is 4.74 Å². The first-order valence-corrected chi connectivity index (χ1v) is 3.13. The average Bonchev–Trinajstić information content (AvgIpc) is 2.18. The van der Waals surface area contributed by atoms with E-state index in [0.717, 1.165) is 4.88 Å². The highest BCUT2D eigenvalue weighted by molar-refractivity contribution is 7.06. The van der Waals surface area contributed by atoms with Crippen molar-refractivity contribution >= 4 is 18.0 Å². The third-order valence-corrected chi connectivity index (χ3v) is 1.57. The quantitative estimate of drug-likeness (QED) is 0.579. The van der Waals surface area contributed by atoms with Crippen molar-refractivity contribution in [3.63, 3.8) is 0 Å². The molecule has 1 aromatic heterocycles. The normalized spacial score (nSPS) is 9.00. The summed E-state index contributed by atoms with van der Waals surface area (Å²) in [5.41, 5.74) is 0. The van der Waals surface area contributed by atoms with Gasteiger partial charge in [0.05, 0.1) is 11.1 Å². The molecule has 0 saturated heterocycles. The summed E-state index contributed by atoms with van der Waals surface area (Å²) in [5, 5.41) is 0. The fraction of sp³-hybridized carbons (Fsp3) is 0.200. The summed E-state index contributed by atoms with van der Waals surface area (Å²) in [5.74, 6) is 0.551. The van der Waals surface area contributed by atoms with Gasteiger partial charge in [0.2, 0.25) is 0 Å².